The first-order valence-corrected chi connectivity index (χ1v) is 7.55. The Bertz CT molecular complexity index is 535. The first-order chi connectivity index (χ1) is 10.3. The van der Waals surface area contributed by atoms with Gasteiger partial charge in [0.15, 0.2) is 0 Å². The Morgan fingerprint density at radius 1 is 1.24 bits per heavy atom. The van der Waals surface area contributed by atoms with Crippen molar-refractivity contribution in [3.05, 3.63) is 42.0 Å². The number of benzene rings is 1. The Balaban J connectivity index is 2.10. The predicted octanol–water partition coefficient (Wildman–Crippen LogP) is 2.59. The summed E-state index contributed by atoms with van der Waals surface area (Å²) in [5, 5.41) is 7.64. The van der Waals surface area contributed by atoms with Crippen molar-refractivity contribution in [3.8, 4) is 5.75 Å². The molecule has 0 aliphatic rings. The van der Waals surface area contributed by atoms with Crippen molar-refractivity contribution in [1.82, 2.24) is 20.1 Å². The van der Waals surface area contributed by atoms with Gasteiger partial charge in [0.2, 0.25) is 0 Å². The molecule has 1 N–H and O–H groups in total. The maximum Gasteiger partial charge on any atom is 0.138 e. The fourth-order valence-corrected chi connectivity index (χ4v) is 2.38. The maximum absolute atomic E-state index is 5.48. The van der Waals surface area contributed by atoms with Crippen LogP contribution < -0.4 is 10.1 Å². The molecule has 1 unspecified atom stereocenters. The van der Waals surface area contributed by atoms with E-state index in [2.05, 4.69) is 34.5 Å². The standard InChI is InChI=1S/C16H24N4O/c1-4-10-20-16(18-12-19-20)11-15(17-3)13-6-8-14(9-7-13)21-5-2/h6-9,12,15,17H,4-5,10-11H2,1-3H3. The first kappa shape index (κ1) is 15.5. The van der Waals surface area contributed by atoms with Gasteiger partial charge in [0.25, 0.3) is 0 Å². The average molecular weight is 288 g/mol. The molecule has 114 valence electrons. The van der Waals surface area contributed by atoms with E-state index in [-0.39, 0.29) is 6.04 Å². The Labute approximate surface area is 126 Å². The van der Waals surface area contributed by atoms with Crippen LogP contribution in [0, 0.1) is 0 Å². The van der Waals surface area contributed by atoms with E-state index >= 15 is 0 Å². The number of nitrogens with zero attached hydrogens (tertiary/aromatic N) is 3. The van der Waals surface area contributed by atoms with E-state index in [1.807, 2.05) is 30.8 Å². The van der Waals surface area contributed by atoms with E-state index in [4.69, 9.17) is 4.74 Å². The third-order valence-electron chi connectivity index (χ3n) is 3.46. The molecule has 5 heteroatoms. The smallest absolute Gasteiger partial charge is 0.138 e. The van der Waals surface area contributed by atoms with Crippen molar-refractivity contribution < 1.29 is 4.74 Å². The summed E-state index contributed by atoms with van der Waals surface area (Å²) in [5.41, 5.74) is 1.23. The van der Waals surface area contributed by atoms with Gasteiger partial charge < -0.3 is 10.1 Å². The van der Waals surface area contributed by atoms with E-state index < -0.39 is 0 Å². The maximum atomic E-state index is 5.48. The Morgan fingerprint density at radius 2 is 2.00 bits per heavy atom. The Hall–Kier alpha value is -1.88. The average Bonchev–Trinajstić information content (AvgIpc) is 2.94. The summed E-state index contributed by atoms with van der Waals surface area (Å²) >= 11 is 0. The highest BCUT2D eigenvalue weighted by Crippen LogP contribution is 2.20. The molecule has 0 spiro atoms. The van der Waals surface area contributed by atoms with Crippen molar-refractivity contribution in [3.63, 3.8) is 0 Å². The third-order valence-corrected chi connectivity index (χ3v) is 3.46. The van der Waals surface area contributed by atoms with Crippen molar-refractivity contribution in [2.45, 2.75) is 39.3 Å². The molecule has 0 bridgehead atoms. The van der Waals surface area contributed by atoms with Crippen LogP contribution >= 0.6 is 0 Å². The molecule has 2 rings (SSSR count). The Kier molecular flexibility index (Phi) is 5.75. The van der Waals surface area contributed by atoms with Crippen LogP contribution in [0.5, 0.6) is 5.75 Å². The predicted molar refractivity (Wildman–Crippen MR) is 83.4 cm³/mol. The number of rotatable bonds is 8. The molecule has 0 saturated carbocycles. The molecule has 0 fully saturated rings. The minimum Gasteiger partial charge on any atom is -0.494 e. The summed E-state index contributed by atoms with van der Waals surface area (Å²) in [6.45, 7) is 5.74. The van der Waals surface area contributed by atoms with Gasteiger partial charge in [0, 0.05) is 19.0 Å². The van der Waals surface area contributed by atoms with Crippen LogP contribution in [0.15, 0.2) is 30.6 Å². The molecular weight excluding hydrogens is 264 g/mol. The van der Waals surface area contributed by atoms with Gasteiger partial charge in [-0.2, -0.15) is 5.10 Å². The number of likely N-dealkylation sites (N-methyl/N-ethyl adjacent to an activating group) is 1. The van der Waals surface area contributed by atoms with Gasteiger partial charge in [0.1, 0.15) is 17.9 Å². The quantitative estimate of drug-likeness (QED) is 0.811. The zero-order chi connectivity index (χ0) is 15.1. The SMILES string of the molecule is CCCn1ncnc1CC(NC)c1ccc(OCC)cc1. The molecule has 0 amide bonds. The zero-order valence-corrected chi connectivity index (χ0v) is 13.0. The zero-order valence-electron chi connectivity index (χ0n) is 13.0. The molecule has 0 aliphatic heterocycles. The Morgan fingerprint density at radius 3 is 2.62 bits per heavy atom. The number of aryl methyl sites for hydroxylation is 1. The van der Waals surface area contributed by atoms with Crippen LogP contribution in [0.4, 0.5) is 0 Å². The lowest BCUT2D eigenvalue weighted by molar-refractivity contribution is 0.340. The lowest BCUT2D eigenvalue weighted by atomic mass is 10.0. The van der Waals surface area contributed by atoms with Crippen molar-refractivity contribution in [2.75, 3.05) is 13.7 Å². The largest absolute Gasteiger partial charge is 0.494 e. The van der Waals surface area contributed by atoms with Gasteiger partial charge >= 0.3 is 0 Å². The highest BCUT2D eigenvalue weighted by atomic mass is 16.5. The molecule has 1 heterocycles. The lowest BCUT2D eigenvalue weighted by Crippen LogP contribution is -2.21. The molecule has 1 aromatic carbocycles. The van der Waals surface area contributed by atoms with Gasteiger partial charge in [-0.05, 0) is 38.1 Å². The van der Waals surface area contributed by atoms with Gasteiger partial charge in [0.05, 0.1) is 6.61 Å². The lowest BCUT2D eigenvalue weighted by Gasteiger charge is -2.17. The highest BCUT2D eigenvalue weighted by molar-refractivity contribution is 5.29. The van der Waals surface area contributed by atoms with Crippen LogP contribution in [0.3, 0.4) is 0 Å². The van der Waals surface area contributed by atoms with Crippen molar-refractivity contribution >= 4 is 0 Å². The summed E-state index contributed by atoms with van der Waals surface area (Å²) in [6.07, 6.45) is 3.52. The third kappa shape index (κ3) is 4.04. The topological polar surface area (TPSA) is 52.0 Å². The van der Waals surface area contributed by atoms with E-state index in [9.17, 15) is 0 Å². The molecule has 0 saturated heterocycles. The first-order valence-electron chi connectivity index (χ1n) is 7.55. The van der Waals surface area contributed by atoms with Crippen LogP contribution in [0.2, 0.25) is 0 Å². The van der Waals surface area contributed by atoms with E-state index in [0.29, 0.717) is 6.61 Å². The summed E-state index contributed by atoms with van der Waals surface area (Å²) in [4.78, 5) is 4.38. The normalized spacial score (nSPS) is 12.3. The minimum absolute atomic E-state index is 0.223. The van der Waals surface area contributed by atoms with E-state index in [1.165, 1.54) is 5.56 Å². The van der Waals surface area contributed by atoms with Crippen LogP contribution in [0.25, 0.3) is 0 Å². The van der Waals surface area contributed by atoms with E-state index in [0.717, 1.165) is 31.0 Å². The second-order valence-electron chi connectivity index (χ2n) is 4.95. The molecule has 1 atom stereocenters. The number of hydrogen-bond donors (Lipinski definition) is 1. The van der Waals surface area contributed by atoms with Gasteiger partial charge in [-0.25, -0.2) is 4.98 Å². The molecule has 0 radical (unpaired) electrons. The van der Waals surface area contributed by atoms with Crippen molar-refractivity contribution in [2.24, 2.45) is 0 Å². The van der Waals surface area contributed by atoms with Crippen LogP contribution in [0.1, 0.15) is 37.7 Å². The molecule has 5 nitrogen and oxygen atoms in total. The van der Waals surface area contributed by atoms with Crippen LogP contribution in [-0.2, 0) is 13.0 Å². The number of hydrogen-bond acceptors (Lipinski definition) is 4. The number of aromatic nitrogens is 3. The molecule has 21 heavy (non-hydrogen) atoms. The monoisotopic (exact) mass is 288 g/mol. The molecule has 2 aromatic rings. The second-order valence-corrected chi connectivity index (χ2v) is 4.95. The second kappa shape index (κ2) is 7.78. The van der Waals surface area contributed by atoms with E-state index in [1.54, 1.807) is 6.33 Å². The molecular formula is C16H24N4O. The summed E-state index contributed by atoms with van der Waals surface area (Å²) in [7, 11) is 1.97. The fourth-order valence-electron chi connectivity index (χ4n) is 2.38. The summed E-state index contributed by atoms with van der Waals surface area (Å²) < 4.78 is 7.47. The fraction of sp³-hybridized carbons (Fsp3) is 0.500. The summed E-state index contributed by atoms with van der Waals surface area (Å²) in [5.74, 6) is 1.93. The molecule has 1 aromatic heterocycles. The molecule has 0 aliphatic carbocycles. The van der Waals surface area contributed by atoms with Crippen LogP contribution in [-0.4, -0.2) is 28.4 Å². The summed E-state index contributed by atoms with van der Waals surface area (Å²) in [6, 6.07) is 8.46. The number of nitrogens with one attached hydrogen (secondary N) is 1. The highest BCUT2D eigenvalue weighted by Gasteiger charge is 2.14. The van der Waals surface area contributed by atoms with Gasteiger partial charge in [-0.15, -0.1) is 0 Å². The van der Waals surface area contributed by atoms with Crippen molar-refractivity contribution in [1.29, 1.82) is 0 Å². The van der Waals surface area contributed by atoms with Gasteiger partial charge in [-0.3, -0.25) is 4.68 Å². The number of ether oxygens (including phenoxy) is 1. The van der Waals surface area contributed by atoms with Gasteiger partial charge in [-0.1, -0.05) is 19.1 Å². The minimum atomic E-state index is 0.223.